The van der Waals surface area contributed by atoms with E-state index < -0.39 is 11.9 Å². The Morgan fingerprint density at radius 3 is 2.36 bits per heavy atom. The number of hydrogen-bond donors (Lipinski definition) is 1. The third kappa shape index (κ3) is 5.87. The number of carbonyl (C=O) groups is 2. The fourth-order valence-corrected chi connectivity index (χ4v) is 2.01. The highest BCUT2D eigenvalue weighted by atomic mass is 16.5. The molecule has 1 amide bonds. The molecule has 0 unspecified atom stereocenters. The van der Waals surface area contributed by atoms with Gasteiger partial charge in [-0.3, -0.25) is 4.79 Å². The van der Waals surface area contributed by atoms with Crippen molar-refractivity contribution < 1.29 is 28.2 Å². The van der Waals surface area contributed by atoms with Crippen LogP contribution in [0.2, 0.25) is 0 Å². The Kier molecular flexibility index (Phi) is 6.88. The summed E-state index contributed by atoms with van der Waals surface area (Å²) in [7, 11) is 0. The van der Waals surface area contributed by atoms with Crippen molar-refractivity contribution >= 4 is 11.9 Å². The lowest BCUT2D eigenvalue weighted by molar-refractivity contribution is -0.124. The van der Waals surface area contributed by atoms with Gasteiger partial charge in [0.05, 0.1) is 19.4 Å². The number of carbonyl (C=O) groups excluding carboxylic acids is 2. The molecule has 1 N–H and O–H groups in total. The first-order chi connectivity index (χ1) is 12.1. The average molecular weight is 347 g/mol. The highest BCUT2D eigenvalue weighted by molar-refractivity contribution is 5.92. The Bertz CT molecular complexity index is 692. The molecule has 0 aliphatic carbocycles. The minimum absolute atomic E-state index is 0.300. The van der Waals surface area contributed by atoms with E-state index in [9.17, 15) is 9.59 Å². The molecule has 0 aliphatic rings. The Hall–Kier alpha value is -2.96. The van der Waals surface area contributed by atoms with Crippen molar-refractivity contribution in [3.63, 3.8) is 0 Å². The van der Waals surface area contributed by atoms with E-state index in [1.165, 1.54) is 12.3 Å². The zero-order valence-electron chi connectivity index (χ0n) is 14.2. The molecule has 1 heterocycles. The van der Waals surface area contributed by atoms with Crippen LogP contribution in [-0.2, 0) is 9.53 Å². The molecule has 2 aromatic rings. The van der Waals surface area contributed by atoms with Crippen LogP contribution >= 0.6 is 0 Å². The van der Waals surface area contributed by atoms with E-state index >= 15 is 0 Å². The number of aryl methyl sites for hydroxylation is 1. The molecule has 0 bridgehead atoms. The maximum absolute atomic E-state index is 11.7. The van der Waals surface area contributed by atoms with Crippen molar-refractivity contribution in [1.82, 2.24) is 5.32 Å². The second kappa shape index (κ2) is 9.36. The van der Waals surface area contributed by atoms with Gasteiger partial charge in [-0.1, -0.05) is 0 Å². The number of benzene rings is 1. The summed E-state index contributed by atoms with van der Waals surface area (Å²) >= 11 is 0. The second-order valence-corrected chi connectivity index (χ2v) is 5.07. The van der Waals surface area contributed by atoms with E-state index in [1.807, 2.05) is 19.1 Å². The largest absolute Gasteiger partial charge is 0.494 e. The van der Waals surface area contributed by atoms with Crippen LogP contribution in [0.4, 0.5) is 0 Å². The standard InChI is InChI=1S/C18H21NO6/c1-3-22-14-4-6-15(7-5-14)24-11-9-19-17(20)12-25-18(21)16-8-10-23-13(16)2/h4-8,10H,3,9,11-12H2,1-2H3,(H,19,20). The molecule has 0 atom stereocenters. The zero-order chi connectivity index (χ0) is 18.1. The first-order valence-electron chi connectivity index (χ1n) is 7.93. The fraction of sp³-hybridized carbons (Fsp3) is 0.333. The summed E-state index contributed by atoms with van der Waals surface area (Å²) in [5.74, 6) is 0.920. The molecule has 0 spiro atoms. The van der Waals surface area contributed by atoms with Gasteiger partial charge in [0.15, 0.2) is 6.61 Å². The van der Waals surface area contributed by atoms with Gasteiger partial charge >= 0.3 is 5.97 Å². The first kappa shape index (κ1) is 18.4. The van der Waals surface area contributed by atoms with Gasteiger partial charge in [0.25, 0.3) is 5.91 Å². The molecule has 1 aromatic heterocycles. The maximum atomic E-state index is 11.7. The number of ether oxygens (including phenoxy) is 3. The predicted octanol–water partition coefficient (Wildman–Crippen LogP) is 2.34. The molecule has 1 aromatic carbocycles. The van der Waals surface area contributed by atoms with Crippen molar-refractivity contribution in [3.8, 4) is 11.5 Å². The van der Waals surface area contributed by atoms with Crippen molar-refractivity contribution in [3.05, 3.63) is 47.9 Å². The number of esters is 1. The van der Waals surface area contributed by atoms with E-state index in [2.05, 4.69) is 5.32 Å². The topological polar surface area (TPSA) is 87.0 Å². The second-order valence-electron chi connectivity index (χ2n) is 5.07. The number of amides is 1. The maximum Gasteiger partial charge on any atom is 0.342 e. The highest BCUT2D eigenvalue weighted by Crippen LogP contribution is 2.17. The summed E-state index contributed by atoms with van der Waals surface area (Å²) in [4.78, 5) is 23.4. The molecular weight excluding hydrogens is 326 g/mol. The summed E-state index contributed by atoms with van der Waals surface area (Å²) < 4.78 is 20.8. The molecule has 7 nitrogen and oxygen atoms in total. The number of rotatable bonds is 9. The Labute approximate surface area is 145 Å². The van der Waals surface area contributed by atoms with Gasteiger partial charge in [0, 0.05) is 0 Å². The van der Waals surface area contributed by atoms with E-state index in [-0.39, 0.29) is 6.61 Å². The van der Waals surface area contributed by atoms with Crippen LogP contribution in [-0.4, -0.2) is 38.2 Å². The summed E-state index contributed by atoms with van der Waals surface area (Å²) in [6, 6.07) is 8.72. The SMILES string of the molecule is CCOc1ccc(OCCNC(=O)COC(=O)c2ccoc2C)cc1. The molecular formula is C18H21NO6. The van der Waals surface area contributed by atoms with Crippen LogP contribution in [0.25, 0.3) is 0 Å². The van der Waals surface area contributed by atoms with Crippen molar-refractivity contribution in [2.45, 2.75) is 13.8 Å². The van der Waals surface area contributed by atoms with Crippen molar-refractivity contribution in [2.24, 2.45) is 0 Å². The van der Waals surface area contributed by atoms with Gasteiger partial charge in [-0.05, 0) is 44.2 Å². The molecule has 0 aliphatic heterocycles. The molecule has 0 saturated heterocycles. The highest BCUT2D eigenvalue weighted by Gasteiger charge is 2.14. The van der Waals surface area contributed by atoms with Crippen LogP contribution in [0.5, 0.6) is 11.5 Å². The lowest BCUT2D eigenvalue weighted by Crippen LogP contribution is -2.32. The minimum atomic E-state index is -0.591. The van der Waals surface area contributed by atoms with Gasteiger partial charge < -0.3 is 23.9 Å². The minimum Gasteiger partial charge on any atom is -0.494 e. The fourth-order valence-electron chi connectivity index (χ4n) is 2.01. The van der Waals surface area contributed by atoms with Crippen LogP contribution in [0.3, 0.4) is 0 Å². The molecule has 25 heavy (non-hydrogen) atoms. The van der Waals surface area contributed by atoms with Crippen molar-refractivity contribution in [2.75, 3.05) is 26.4 Å². The zero-order valence-corrected chi connectivity index (χ0v) is 14.2. The van der Waals surface area contributed by atoms with E-state index in [1.54, 1.807) is 19.1 Å². The lowest BCUT2D eigenvalue weighted by atomic mass is 10.3. The van der Waals surface area contributed by atoms with Crippen LogP contribution in [0.1, 0.15) is 23.0 Å². The normalized spacial score (nSPS) is 10.2. The van der Waals surface area contributed by atoms with Crippen LogP contribution < -0.4 is 14.8 Å². The molecule has 0 radical (unpaired) electrons. The molecule has 0 saturated carbocycles. The van der Waals surface area contributed by atoms with Crippen LogP contribution in [0, 0.1) is 6.92 Å². The predicted molar refractivity (Wildman–Crippen MR) is 89.8 cm³/mol. The van der Waals surface area contributed by atoms with Gasteiger partial charge in [-0.2, -0.15) is 0 Å². The van der Waals surface area contributed by atoms with Gasteiger partial charge in [0.1, 0.15) is 29.4 Å². The van der Waals surface area contributed by atoms with Gasteiger partial charge in [-0.15, -0.1) is 0 Å². The summed E-state index contributed by atoms with van der Waals surface area (Å²) in [6.07, 6.45) is 1.39. The average Bonchev–Trinajstić information content (AvgIpc) is 3.04. The summed E-state index contributed by atoms with van der Waals surface area (Å²) in [5, 5.41) is 2.61. The molecule has 7 heteroatoms. The number of hydrogen-bond acceptors (Lipinski definition) is 6. The first-order valence-corrected chi connectivity index (χ1v) is 7.93. The van der Waals surface area contributed by atoms with Crippen molar-refractivity contribution in [1.29, 1.82) is 0 Å². The smallest absolute Gasteiger partial charge is 0.342 e. The summed E-state index contributed by atoms with van der Waals surface area (Å²) in [6.45, 7) is 4.42. The monoisotopic (exact) mass is 347 g/mol. The molecule has 134 valence electrons. The van der Waals surface area contributed by atoms with E-state index in [0.717, 1.165) is 5.75 Å². The van der Waals surface area contributed by atoms with Gasteiger partial charge in [-0.25, -0.2) is 4.79 Å². The van der Waals surface area contributed by atoms with Crippen LogP contribution in [0.15, 0.2) is 41.0 Å². The Balaban J connectivity index is 1.62. The third-order valence-electron chi connectivity index (χ3n) is 3.24. The molecule has 0 fully saturated rings. The Morgan fingerprint density at radius 1 is 1.08 bits per heavy atom. The number of furan rings is 1. The number of nitrogens with one attached hydrogen (secondary N) is 1. The summed E-state index contributed by atoms with van der Waals surface area (Å²) in [5.41, 5.74) is 0.312. The lowest BCUT2D eigenvalue weighted by Gasteiger charge is -2.09. The quantitative estimate of drug-likeness (QED) is 0.553. The van der Waals surface area contributed by atoms with E-state index in [0.29, 0.717) is 36.8 Å². The van der Waals surface area contributed by atoms with E-state index in [4.69, 9.17) is 18.6 Å². The third-order valence-corrected chi connectivity index (χ3v) is 3.24. The Morgan fingerprint density at radius 2 is 1.76 bits per heavy atom. The molecule has 2 rings (SSSR count). The van der Waals surface area contributed by atoms with Gasteiger partial charge in [0.2, 0.25) is 0 Å².